The number of hydrogen-bond acceptors (Lipinski definition) is 6. The number of rotatable bonds is 4. The molecule has 1 N–H and O–H groups in total. The SMILES string of the molecule is Cc1ccc(-c2noc([C@H]3C[C@@H]3F)n2)cc1NC(=O)c1ccnc2cnccc12. The van der Waals surface area contributed by atoms with Crippen molar-refractivity contribution in [2.45, 2.75) is 25.4 Å². The van der Waals surface area contributed by atoms with Crippen LogP contribution in [0.1, 0.15) is 34.2 Å². The highest BCUT2D eigenvalue weighted by Gasteiger charge is 2.43. The molecule has 0 bridgehead atoms. The average Bonchev–Trinajstić information content (AvgIpc) is 3.26. The molecule has 0 aliphatic heterocycles. The molecular weight excluding hydrogens is 373 g/mol. The number of halogens is 1. The van der Waals surface area contributed by atoms with Crippen molar-refractivity contribution in [3.63, 3.8) is 0 Å². The zero-order valence-electron chi connectivity index (χ0n) is 15.5. The van der Waals surface area contributed by atoms with Gasteiger partial charge in [0.25, 0.3) is 5.91 Å². The van der Waals surface area contributed by atoms with E-state index in [9.17, 15) is 9.18 Å². The fourth-order valence-corrected chi connectivity index (χ4v) is 3.20. The van der Waals surface area contributed by atoms with E-state index >= 15 is 0 Å². The van der Waals surface area contributed by atoms with Crippen LogP contribution < -0.4 is 5.32 Å². The molecule has 0 unspecified atom stereocenters. The van der Waals surface area contributed by atoms with Crippen LogP contribution in [0.3, 0.4) is 0 Å². The zero-order chi connectivity index (χ0) is 20.0. The van der Waals surface area contributed by atoms with Crippen LogP contribution in [0.15, 0.2) is 53.4 Å². The van der Waals surface area contributed by atoms with Crippen molar-refractivity contribution in [3.8, 4) is 11.4 Å². The van der Waals surface area contributed by atoms with Gasteiger partial charge < -0.3 is 9.84 Å². The van der Waals surface area contributed by atoms with E-state index < -0.39 is 6.17 Å². The second kappa shape index (κ2) is 6.73. The van der Waals surface area contributed by atoms with Crippen LogP contribution in [-0.4, -0.2) is 32.2 Å². The molecule has 0 spiro atoms. The first-order chi connectivity index (χ1) is 14.1. The van der Waals surface area contributed by atoms with Crippen LogP contribution in [0.2, 0.25) is 0 Å². The van der Waals surface area contributed by atoms with E-state index in [0.717, 1.165) is 10.9 Å². The maximum atomic E-state index is 13.2. The Hall–Kier alpha value is -3.68. The number of carbonyl (C=O) groups excluding carboxylic acids is 1. The number of nitrogens with one attached hydrogen (secondary N) is 1. The maximum absolute atomic E-state index is 13.2. The molecule has 144 valence electrons. The lowest BCUT2D eigenvalue weighted by molar-refractivity contribution is 0.102. The molecule has 0 saturated heterocycles. The van der Waals surface area contributed by atoms with E-state index in [0.29, 0.717) is 40.5 Å². The molecule has 1 saturated carbocycles. The number of nitrogens with zero attached hydrogens (tertiary/aromatic N) is 4. The topological polar surface area (TPSA) is 93.8 Å². The standard InChI is InChI=1S/C21H16FN5O2/c1-11-2-3-12(19-26-21(29-27-19)15-9-16(15)22)8-17(11)25-20(28)14-5-7-24-18-10-23-6-4-13(14)18/h2-8,10,15-16H,9H2,1H3,(H,25,28)/t15-,16-/m0/s1. The van der Waals surface area contributed by atoms with E-state index in [1.54, 1.807) is 36.8 Å². The molecule has 3 aromatic heterocycles. The summed E-state index contributed by atoms with van der Waals surface area (Å²) >= 11 is 0. The average molecular weight is 389 g/mol. The Balaban J connectivity index is 1.44. The fourth-order valence-electron chi connectivity index (χ4n) is 3.20. The van der Waals surface area contributed by atoms with Gasteiger partial charge in [-0.25, -0.2) is 4.39 Å². The molecule has 1 aromatic carbocycles. The van der Waals surface area contributed by atoms with E-state index in [-0.39, 0.29) is 11.8 Å². The molecule has 2 atom stereocenters. The third-order valence-electron chi connectivity index (χ3n) is 5.01. The number of pyridine rings is 2. The summed E-state index contributed by atoms with van der Waals surface area (Å²) in [7, 11) is 0. The first-order valence-corrected chi connectivity index (χ1v) is 9.19. The monoisotopic (exact) mass is 389 g/mol. The van der Waals surface area contributed by atoms with Gasteiger partial charge in [-0.3, -0.25) is 14.8 Å². The van der Waals surface area contributed by atoms with Crippen molar-refractivity contribution in [2.24, 2.45) is 0 Å². The molecular formula is C21H16FN5O2. The molecule has 0 radical (unpaired) electrons. The normalized spacial score (nSPS) is 18.0. The lowest BCUT2D eigenvalue weighted by atomic mass is 10.1. The van der Waals surface area contributed by atoms with E-state index in [1.807, 2.05) is 19.1 Å². The Labute approximate surface area is 165 Å². The summed E-state index contributed by atoms with van der Waals surface area (Å²) in [6.45, 7) is 1.90. The van der Waals surface area contributed by atoms with E-state index in [4.69, 9.17) is 4.52 Å². The number of aryl methyl sites for hydroxylation is 1. The summed E-state index contributed by atoms with van der Waals surface area (Å²) in [4.78, 5) is 25.5. The Morgan fingerprint density at radius 2 is 2.10 bits per heavy atom. The molecule has 3 heterocycles. The van der Waals surface area contributed by atoms with E-state index in [1.165, 1.54) is 0 Å². The summed E-state index contributed by atoms with van der Waals surface area (Å²) in [5, 5.41) is 7.62. The second-order valence-electron chi connectivity index (χ2n) is 7.05. The molecule has 1 amide bonds. The molecule has 4 aromatic rings. The summed E-state index contributed by atoms with van der Waals surface area (Å²) in [5.74, 6) is 0.136. The fraction of sp³-hybridized carbons (Fsp3) is 0.190. The van der Waals surface area contributed by atoms with Crippen molar-refractivity contribution in [3.05, 3.63) is 65.9 Å². The Kier molecular flexibility index (Phi) is 4.04. The number of anilines is 1. The van der Waals surface area contributed by atoms with Crippen molar-refractivity contribution >= 4 is 22.5 Å². The van der Waals surface area contributed by atoms with Gasteiger partial charge in [0, 0.05) is 29.0 Å². The smallest absolute Gasteiger partial charge is 0.256 e. The number of amides is 1. The van der Waals surface area contributed by atoms with Gasteiger partial charge in [0.05, 0.1) is 23.2 Å². The lowest BCUT2D eigenvalue weighted by Crippen LogP contribution is -2.13. The largest absolute Gasteiger partial charge is 0.339 e. The molecule has 1 fully saturated rings. The van der Waals surface area contributed by atoms with Crippen LogP contribution >= 0.6 is 0 Å². The lowest BCUT2D eigenvalue weighted by Gasteiger charge is -2.11. The summed E-state index contributed by atoms with van der Waals surface area (Å²) in [6.07, 6.45) is 4.35. The molecule has 29 heavy (non-hydrogen) atoms. The highest BCUT2D eigenvalue weighted by atomic mass is 19.1. The van der Waals surface area contributed by atoms with Gasteiger partial charge in [0.2, 0.25) is 11.7 Å². The number of hydrogen-bond donors (Lipinski definition) is 1. The van der Waals surface area contributed by atoms with Gasteiger partial charge in [0.15, 0.2) is 0 Å². The van der Waals surface area contributed by atoms with Gasteiger partial charge >= 0.3 is 0 Å². The number of fused-ring (bicyclic) bond motifs is 1. The summed E-state index contributed by atoms with van der Waals surface area (Å²) in [5.41, 5.74) is 3.35. The number of benzene rings is 1. The van der Waals surface area contributed by atoms with Crippen LogP contribution in [0.25, 0.3) is 22.3 Å². The molecule has 1 aliphatic carbocycles. The summed E-state index contributed by atoms with van der Waals surface area (Å²) in [6, 6.07) is 8.92. The minimum absolute atomic E-state index is 0.254. The number of alkyl halides is 1. The van der Waals surface area contributed by atoms with Crippen molar-refractivity contribution < 1.29 is 13.7 Å². The van der Waals surface area contributed by atoms with Gasteiger partial charge in [-0.15, -0.1) is 0 Å². The number of aromatic nitrogens is 4. The highest BCUT2D eigenvalue weighted by Crippen LogP contribution is 2.43. The molecule has 5 rings (SSSR count). The van der Waals surface area contributed by atoms with Gasteiger partial charge in [-0.2, -0.15) is 4.98 Å². The number of carbonyl (C=O) groups is 1. The minimum Gasteiger partial charge on any atom is -0.339 e. The van der Waals surface area contributed by atoms with Gasteiger partial charge in [-0.05, 0) is 37.1 Å². The first-order valence-electron chi connectivity index (χ1n) is 9.19. The highest BCUT2D eigenvalue weighted by molar-refractivity contribution is 6.12. The Morgan fingerprint density at radius 1 is 1.24 bits per heavy atom. The Morgan fingerprint density at radius 3 is 2.93 bits per heavy atom. The second-order valence-corrected chi connectivity index (χ2v) is 7.05. The molecule has 8 heteroatoms. The van der Waals surface area contributed by atoms with Gasteiger partial charge in [-0.1, -0.05) is 17.3 Å². The van der Waals surface area contributed by atoms with E-state index in [2.05, 4.69) is 25.4 Å². The molecule has 7 nitrogen and oxygen atoms in total. The molecule has 1 aliphatic rings. The van der Waals surface area contributed by atoms with Crippen LogP contribution in [0.5, 0.6) is 0 Å². The van der Waals surface area contributed by atoms with Crippen molar-refractivity contribution in [1.29, 1.82) is 0 Å². The summed E-state index contributed by atoms with van der Waals surface area (Å²) < 4.78 is 18.4. The zero-order valence-corrected chi connectivity index (χ0v) is 15.5. The van der Waals surface area contributed by atoms with Crippen LogP contribution in [-0.2, 0) is 0 Å². The van der Waals surface area contributed by atoms with Gasteiger partial charge in [0.1, 0.15) is 6.17 Å². The quantitative estimate of drug-likeness (QED) is 0.566. The predicted octanol–water partition coefficient (Wildman–Crippen LogP) is 4.07. The minimum atomic E-state index is -0.901. The van der Waals surface area contributed by atoms with Crippen molar-refractivity contribution in [1.82, 2.24) is 20.1 Å². The van der Waals surface area contributed by atoms with Crippen molar-refractivity contribution in [2.75, 3.05) is 5.32 Å². The third kappa shape index (κ3) is 3.22. The maximum Gasteiger partial charge on any atom is 0.256 e. The van der Waals surface area contributed by atoms with Crippen LogP contribution in [0.4, 0.5) is 10.1 Å². The Bertz CT molecular complexity index is 1230. The van der Waals surface area contributed by atoms with Crippen LogP contribution in [0, 0.1) is 6.92 Å². The third-order valence-corrected chi connectivity index (χ3v) is 5.01. The first kappa shape index (κ1) is 17.4. The predicted molar refractivity (Wildman–Crippen MR) is 104 cm³/mol.